The molecule has 1 rings (SSSR count). The van der Waals surface area contributed by atoms with E-state index in [0.29, 0.717) is 19.3 Å². The van der Waals surface area contributed by atoms with Gasteiger partial charge in [0.25, 0.3) is 0 Å². The van der Waals surface area contributed by atoms with Gasteiger partial charge in [-0.15, -0.1) is 0 Å². The van der Waals surface area contributed by atoms with E-state index in [4.69, 9.17) is 23.7 Å². The Kier molecular flexibility index (Phi) is 48.8. The number of carbonyl (C=O) groups excluding carboxylic acids is 3. The van der Waals surface area contributed by atoms with Gasteiger partial charge in [0.15, 0.2) is 24.6 Å². The molecule has 0 aliphatic carbocycles. The fraction of sp³-hybridized carbons (Fsp3) is 0.754. The third-order valence-electron chi connectivity index (χ3n) is 13.8. The van der Waals surface area contributed by atoms with Crippen LogP contribution in [0, 0.1) is 0 Å². The molecule has 1 fully saturated rings. The number of ether oxygens (including phenoxy) is 5. The van der Waals surface area contributed by atoms with Crippen LogP contribution in [-0.4, -0.2) is 89.2 Å². The number of carboxylic acid groups (broad SMARTS) is 1. The van der Waals surface area contributed by atoms with E-state index in [1.54, 1.807) is 6.08 Å². The highest BCUT2D eigenvalue weighted by Crippen LogP contribution is 2.26. The standard InChI is InChI=1S/C65H110O12/c1-4-7-10-13-16-19-22-25-27-28-29-30-32-35-38-41-44-47-50-53-59(68)76-63-61(70)60(69)62(64(71)72)77-65(63)74-55-56(75-58(67)52-49-46-43-40-37-33-24-21-18-15-12-9-6-3)54-73-57(66)51-48-45-42-39-36-34-31-26-23-20-17-14-11-8-5-2/h8,11,17,20-21,24,26,31,36,39,45,48,56,60-63,65,69-70H,4-7,9-10,12-16,18-19,22-23,25,27-30,32-35,37-38,40-44,46-47,49-55H2,1-3H3,(H,71,72)/b11-8-,20-17-,24-21-,31-26-,39-36-,48-45-. The van der Waals surface area contributed by atoms with Gasteiger partial charge in [-0.3, -0.25) is 14.4 Å². The second kappa shape index (κ2) is 52.8. The van der Waals surface area contributed by atoms with Crippen LogP contribution in [0.1, 0.15) is 265 Å². The van der Waals surface area contributed by atoms with Crippen LogP contribution in [0.2, 0.25) is 0 Å². The Bertz CT molecular complexity index is 1620. The highest BCUT2D eigenvalue weighted by Gasteiger charge is 2.50. The quantitative estimate of drug-likeness (QED) is 0.0228. The number of unbranched alkanes of at least 4 members (excludes halogenated alkanes) is 27. The average molecular weight is 1080 g/mol. The fourth-order valence-corrected chi connectivity index (χ4v) is 9.08. The van der Waals surface area contributed by atoms with Crippen molar-refractivity contribution in [3.8, 4) is 0 Å². The van der Waals surface area contributed by atoms with Crippen LogP contribution in [0.4, 0.5) is 0 Å². The normalized spacial score (nSPS) is 18.5. The van der Waals surface area contributed by atoms with Gasteiger partial charge in [0.1, 0.15) is 18.8 Å². The zero-order valence-corrected chi connectivity index (χ0v) is 48.7. The molecule has 6 unspecified atom stereocenters. The maximum absolute atomic E-state index is 13.1. The molecular formula is C65H110O12. The first-order chi connectivity index (χ1) is 37.6. The third kappa shape index (κ3) is 42.7. The summed E-state index contributed by atoms with van der Waals surface area (Å²) in [4.78, 5) is 51.1. The number of carboxylic acids is 1. The van der Waals surface area contributed by atoms with Crippen molar-refractivity contribution in [2.75, 3.05) is 13.2 Å². The van der Waals surface area contributed by atoms with Crippen LogP contribution in [0.3, 0.4) is 0 Å². The van der Waals surface area contributed by atoms with Gasteiger partial charge >= 0.3 is 23.9 Å². The minimum absolute atomic E-state index is 0.0164. The van der Waals surface area contributed by atoms with Crippen LogP contribution < -0.4 is 0 Å². The minimum atomic E-state index is -1.91. The van der Waals surface area contributed by atoms with Crippen LogP contribution >= 0.6 is 0 Å². The van der Waals surface area contributed by atoms with Gasteiger partial charge in [0, 0.05) is 12.8 Å². The summed E-state index contributed by atoms with van der Waals surface area (Å²) < 4.78 is 28.3. The lowest BCUT2D eigenvalue weighted by Crippen LogP contribution is -2.61. The topological polar surface area (TPSA) is 175 Å². The maximum atomic E-state index is 13.1. The molecule has 0 aromatic heterocycles. The molecule has 12 heteroatoms. The summed E-state index contributed by atoms with van der Waals surface area (Å²) in [5, 5.41) is 31.5. The summed E-state index contributed by atoms with van der Waals surface area (Å²) in [5.74, 6) is -3.28. The van der Waals surface area contributed by atoms with E-state index in [1.165, 1.54) is 116 Å². The Morgan fingerprint density at radius 2 is 0.857 bits per heavy atom. The van der Waals surface area contributed by atoms with E-state index in [-0.39, 0.29) is 25.9 Å². The molecule has 0 saturated carbocycles. The van der Waals surface area contributed by atoms with Crippen molar-refractivity contribution in [3.05, 3.63) is 72.9 Å². The summed E-state index contributed by atoms with van der Waals surface area (Å²) in [7, 11) is 0. The van der Waals surface area contributed by atoms with E-state index < -0.39 is 67.3 Å². The number of aliphatic hydroxyl groups is 2. The molecule has 0 spiro atoms. The van der Waals surface area contributed by atoms with Crippen molar-refractivity contribution in [2.45, 2.75) is 302 Å². The molecule has 0 aromatic rings. The van der Waals surface area contributed by atoms with Crippen LogP contribution in [-0.2, 0) is 42.9 Å². The predicted molar refractivity (Wildman–Crippen MR) is 312 cm³/mol. The molecule has 1 aliphatic heterocycles. The molecule has 12 nitrogen and oxygen atoms in total. The molecule has 0 radical (unpaired) electrons. The number of esters is 3. The van der Waals surface area contributed by atoms with Crippen molar-refractivity contribution < 1.29 is 58.2 Å². The molecule has 1 aliphatic rings. The largest absolute Gasteiger partial charge is 0.479 e. The minimum Gasteiger partial charge on any atom is -0.479 e. The molecule has 0 bridgehead atoms. The summed E-state index contributed by atoms with van der Waals surface area (Å²) in [6.07, 6.45) is 54.7. The summed E-state index contributed by atoms with van der Waals surface area (Å²) in [6.45, 7) is 5.79. The van der Waals surface area contributed by atoms with Gasteiger partial charge in [-0.05, 0) is 70.6 Å². The van der Waals surface area contributed by atoms with E-state index >= 15 is 0 Å². The second-order valence-corrected chi connectivity index (χ2v) is 21.0. The van der Waals surface area contributed by atoms with Crippen molar-refractivity contribution in [1.29, 1.82) is 0 Å². The molecule has 0 amide bonds. The molecular weight excluding hydrogens is 973 g/mol. The number of aliphatic carboxylic acids is 1. The van der Waals surface area contributed by atoms with E-state index in [0.717, 1.165) is 89.9 Å². The first kappa shape index (κ1) is 71.2. The molecule has 77 heavy (non-hydrogen) atoms. The zero-order chi connectivity index (χ0) is 56.1. The molecule has 1 saturated heterocycles. The van der Waals surface area contributed by atoms with Gasteiger partial charge in [0.2, 0.25) is 0 Å². The number of hydrogen-bond donors (Lipinski definition) is 3. The fourth-order valence-electron chi connectivity index (χ4n) is 9.08. The lowest BCUT2D eigenvalue weighted by Gasteiger charge is -2.40. The Morgan fingerprint density at radius 3 is 1.31 bits per heavy atom. The number of rotatable bonds is 52. The second-order valence-electron chi connectivity index (χ2n) is 21.0. The van der Waals surface area contributed by atoms with Gasteiger partial charge in [-0.1, -0.05) is 248 Å². The highest BCUT2D eigenvalue weighted by molar-refractivity contribution is 5.74. The Labute approximate surface area is 468 Å². The third-order valence-corrected chi connectivity index (χ3v) is 13.8. The number of carbonyl (C=O) groups is 4. The van der Waals surface area contributed by atoms with Crippen LogP contribution in [0.25, 0.3) is 0 Å². The van der Waals surface area contributed by atoms with E-state index in [9.17, 15) is 34.5 Å². The zero-order valence-electron chi connectivity index (χ0n) is 48.7. The Balaban J connectivity index is 2.69. The van der Waals surface area contributed by atoms with Crippen molar-refractivity contribution in [1.82, 2.24) is 0 Å². The van der Waals surface area contributed by atoms with Crippen LogP contribution in [0.5, 0.6) is 0 Å². The Morgan fingerprint density at radius 1 is 0.455 bits per heavy atom. The molecule has 6 atom stereocenters. The summed E-state index contributed by atoms with van der Waals surface area (Å²) in [6, 6.07) is 0. The predicted octanol–water partition coefficient (Wildman–Crippen LogP) is 16.1. The van der Waals surface area contributed by atoms with Crippen LogP contribution in [0.15, 0.2) is 72.9 Å². The van der Waals surface area contributed by atoms with Gasteiger partial charge in [-0.25, -0.2) is 4.79 Å². The number of allylic oxidation sites excluding steroid dienone is 11. The van der Waals surface area contributed by atoms with Gasteiger partial charge in [0.05, 0.1) is 13.0 Å². The number of hydrogen-bond acceptors (Lipinski definition) is 11. The van der Waals surface area contributed by atoms with Gasteiger partial charge < -0.3 is 39.0 Å². The summed E-state index contributed by atoms with van der Waals surface area (Å²) >= 11 is 0. The molecule has 3 N–H and O–H groups in total. The SMILES string of the molecule is CC/C=C\C/C=C\C/C=C\C/C=C\C/C=C\CC(=O)OCC(COC1OC(C(=O)O)C(O)C(O)C1OC(=O)CCCCCCCCCCCCCCCCCCCCC)OC(=O)CCCCCCC/C=C\CCCCCC. The Hall–Kier alpha value is -3.84. The van der Waals surface area contributed by atoms with Crippen molar-refractivity contribution in [3.63, 3.8) is 0 Å². The monoisotopic (exact) mass is 1080 g/mol. The first-order valence-electron chi connectivity index (χ1n) is 30.9. The van der Waals surface area contributed by atoms with Crippen molar-refractivity contribution in [2.24, 2.45) is 0 Å². The van der Waals surface area contributed by atoms with Gasteiger partial charge in [-0.2, -0.15) is 0 Å². The highest BCUT2D eigenvalue weighted by atomic mass is 16.7. The maximum Gasteiger partial charge on any atom is 0.335 e. The molecule has 0 aromatic carbocycles. The smallest absolute Gasteiger partial charge is 0.335 e. The van der Waals surface area contributed by atoms with E-state index in [2.05, 4.69) is 75.5 Å². The van der Waals surface area contributed by atoms with E-state index in [1.807, 2.05) is 12.2 Å². The van der Waals surface area contributed by atoms with Crippen molar-refractivity contribution >= 4 is 23.9 Å². The first-order valence-corrected chi connectivity index (χ1v) is 30.9. The number of aliphatic hydroxyl groups excluding tert-OH is 2. The molecule has 1 heterocycles. The lowest BCUT2D eigenvalue weighted by atomic mass is 9.98. The average Bonchev–Trinajstić information content (AvgIpc) is 3.42. The molecule has 442 valence electrons. The lowest BCUT2D eigenvalue weighted by molar-refractivity contribution is -0.301. The summed E-state index contributed by atoms with van der Waals surface area (Å²) in [5.41, 5.74) is 0.